The molecule has 0 spiro atoms. The van der Waals surface area contributed by atoms with Gasteiger partial charge in [-0.1, -0.05) is 31.4 Å². The summed E-state index contributed by atoms with van der Waals surface area (Å²) >= 11 is 0. The number of fused-ring (bicyclic) bond motifs is 1. The van der Waals surface area contributed by atoms with Crippen LogP contribution in [0.4, 0.5) is 5.95 Å². The first kappa shape index (κ1) is 15.5. The van der Waals surface area contributed by atoms with E-state index in [9.17, 15) is 14.7 Å². The third kappa shape index (κ3) is 3.70. The van der Waals surface area contributed by atoms with Gasteiger partial charge >= 0.3 is 5.97 Å². The maximum Gasteiger partial charge on any atom is 0.303 e. The van der Waals surface area contributed by atoms with Gasteiger partial charge in [0.05, 0.1) is 17.5 Å². The van der Waals surface area contributed by atoms with Crippen molar-refractivity contribution < 1.29 is 14.7 Å². The number of amides is 1. The number of H-pyrrole nitrogens is 1. The van der Waals surface area contributed by atoms with E-state index in [0.29, 0.717) is 5.95 Å². The number of carbonyl (C=O) groups is 2. The summed E-state index contributed by atoms with van der Waals surface area (Å²) in [5, 5.41) is 12.0. The summed E-state index contributed by atoms with van der Waals surface area (Å²) in [7, 11) is 0. The number of aliphatic carboxylic acids is 1. The first-order valence-electron chi connectivity index (χ1n) is 8.03. The number of imidazole rings is 1. The molecule has 1 fully saturated rings. The molecule has 1 amide bonds. The van der Waals surface area contributed by atoms with Crippen LogP contribution in [0.25, 0.3) is 11.0 Å². The lowest BCUT2D eigenvalue weighted by atomic mass is 9.69. The SMILES string of the molecule is O=C(O)CC1(CC(=O)Nc2nc3ccccc3[nH]2)CCCCC1. The van der Waals surface area contributed by atoms with Crippen molar-refractivity contribution in [2.75, 3.05) is 5.32 Å². The van der Waals surface area contributed by atoms with Crippen LogP contribution in [0.15, 0.2) is 24.3 Å². The van der Waals surface area contributed by atoms with Crippen LogP contribution in [0.3, 0.4) is 0 Å². The number of anilines is 1. The summed E-state index contributed by atoms with van der Waals surface area (Å²) in [6.07, 6.45) is 4.99. The van der Waals surface area contributed by atoms with E-state index in [1.807, 2.05) is 24.3 Å². The molecule has 1 aromatic heterocycles. The van der Waals surface area contributed by atoms with Gasteiger partial charge in [0.1, 0.15) is 0 Å². The summed E-state index contributed by atoms with van der Waals surface area (Å²) in [5.41, 5.74) is 1.24. The number of hydrogen-bond donors (Lipinski definition) is 3. The molecule has 122 valence electrons. The van der Waals surface area contributed by atoms with E-state index in [-0.39, 0.29) is 18.7 Å². The highest BCUT2D eigenvalue weighted by atomic mass is 16.4. The van der Waals surface area contributed by atoms with Crippen LogP contribution in [-0.4, -0.2) is 27.0 Å². The lowest BCUT2D eigenvalue weighted by molar-refractivity contribution is -0.140. The minimum Gasteiger partial charge on any atom is -0.481 e. The Balaban J connectivity index is 1.70. The maximum absolute atomic E-state index is 12.4. The summed E-state index contributed by atoms with van der Waals surface area (Å²) < 4.78 is 0. The molecule has 0 unspecified atom stereocenters. The van der Waals surface area contributed by atoms with Crippen LogP contribution in [0.5, 0.6) is 0 Å². The topological polar surface area (TPSA) is 95.1 Å². The van der Waals surface area contributed by atoms with Crippen molar-refractivity contribution >= 4 is 28.9 Å². The monoisotopic (exact) mass is 315 g/mol. The number of carboxylic acids is 1. The third-order valence-electron chi connectivity index (χ3n) is 4.62. The predicted octanol–water partition coefficient (Wildman–Crippen LogP) is 3.32. The van der Waals surface area contributed by atoms with Gasteiger partial charge < -0.3 is 10.1 Å². The van der Waals surface area contributed by atoms with Gasteiger partial charge in [0.15, 0.2) is 0 Å². The van der Waals surface area contributed by atoms with Crippen LogP contribution in [0, 0.1) is 5.41 Å². The van der Waals surface area contributed by atoms with Gasteiger partial charge in [-0.25, -0.2) is 4.98 Å². The Morgan fingerprint density at radius 3 is 2.61 bits per heavy atom. The predicted molar refractivity (Wildman–Crippen MR) is 87.1 cm³/mol. The van der Waals surface area contributed by atoms with Crippen molar-refractivity contribution in [2.24, 2.45) is 5.41 Å². The average molecular weight is 315 g/mol. The first-order chi connectivity index (χ1) is 11.1. The van der Waals surface area contributed by atoms with E-state index >= 15 is 0 Å². The van der Waals surface area contributed by atoms with Gasteiger partial charge in [0.2, 0.25) is 11.9 Å². The van der Waals surface area contributed by atoms with Gasteiger partial charge in [0, 0.05) is 6.42 Å². The standard InChI is InChI=1S/C17H21N3O3/c21-14(10-17(11-15(22)23)8-4-1-5-9-17)20-16-18-12-6-2-3-7-13(12)19-16/h2-3,6-7H,1,4-5,8-11H2,(H,22,23)(H2,18,19,20,21). The number of carbonyl (C=O) groups excluding carboxylic acids is 1. The first-order valence-corrected chi connectivity index (χ1v) is 8.03. The second kappa shape index (κ2) is 6.40. The van der Waals surface area contributed by atoms with Gasteiger partial charge in [-0.05, 0) is 30.4 Å². The molecule has 0 bridgehead atoms. The number of nitrogens with zero attached hydrogens (tertiary/aromatic N) is 1. The average Bonchev–Trinajstić information content (AvgIpc) is 2.88. The van der Waals surface area contributed by atoms with Crippen molar-refractivity contribution in [2.45, 2.75) is 44.9 Å². The molecule has 1 saturated carbocycles. The summed E-state index contributed by atoms with van der Waals surface area (Å²) in [6.45, 7) is 0. The van der Waals surface area contributed by atoms with E-state index in [2.05, 4.69) is 15.3 Å². The highest BCUT2D eigenvalue weighted by Gasteiger charge is 2.36. The zero-order valence-electron chi connectivity index (χ0n) is 13.0. The number of aromatic amines is 1. The van der Waals surface area contributed by atoms with Crippen LogP contribution in [0.1, 0.15) is 44.9 Å². The van der Waals surface area contributed by atoms with Crippen LogP contribution in [0.2, 0.25) is 0 Å². The van der Waals surface area contributed by atoms with Crippen LogP contribution >= 0.6 is 0 Å². The summed E-state index contributed by atoms with van der Waals surface area (Å²) in [6, 6.07) is 7.55. The highest BCUT2D eigenvalue weighted by Crippen LogP contribution is 2.42. The fraction of sp³-hybridized carbons (Fsp3) is 0.471. The van der Waals surface area contributed by atoms with E-state index < -0.39 is 11.4 Å². The number of benzene rings is 1. The van der Waals surface area contributed by atoms with E-state index in [4.69, 9.17) is 0 Å². The Morgan fingerprint density at radius 2 is 1.91 bits per heavy atom. The fourth-order valence-corrected chi connectivity index (χ4v) is 3.57. The number of aromatic nitrogens is 2. The smallest absolute Gasteiger partial charge is 0.303 e. The molecule has 1 aliphatic rings. The lowest BCUT2D eigenvalue weighted by Crippen LogP contribution is -2.32. The number of para-hydroxylation sites is 2. The summed E-state index contributed by atoms with van der Waals surface area (Å²) in [5.74, 6) is -0.590. The lowest BCUT2D eigenvalue weighted by Gasteiger charge is -2.35. The van der Waals surface area contributed by atoms with Crippen LogP contribution < -0.4 is 5.32 Å². The molecule has 6 nitrogen and oxygen atoms in total. The minimum atomic E-state index is -0.830. The molecule has 6 heteroatoms. The summed E-state index contributed by atoms with van der Waals surface area (Å²) in [4.78, 5) is 30.9. The Labute approximate surface area is 134 Å². The molecule has 0 atom stereocenters. The Kier molecular flexibility index (Phi) is 4.32. The van der Waals surface area contributed by atoms with Gasteiger partial charge in [-0.3, -0.25) is 14.9 Å². The molecule has 1 aromatic carbocycles. The number of carboxylic acid groups (broad SMARTS) is 1. The van der Waals surface area contributed by atoms with Crippen LogP contribution in [-0.2, 0) is 9.59 Å². The van der Waals surface area contributed by atoms with Gasteiger partial charge in [0.25, 0.3) is 0 Å². The fourth-order valence-electron chi connectivity index (χ4n) is 3.57. The van der Waals surface area contributed by atoms with Crippen molar-refractivity contribution in [3.63, 3.8) is 0 Å². The molecule has 2 aromatic rings. The maximum atomic E-state index is 12.4. The molecule has 0 radical (unpaired) electrons. The molecular formula is C17H21N3O3. The molecule has 23 heavy (non-hydrogen) atoms. The number of rotatable bonds is 5. The number of hydrogen-bond acceptors (Lipinski definition) is 3. The van der Waals surface area contributed by atoms with Gasteiger partial charge in [-0.2, -0.15) is 0 Å². The Morgan fingerprint density at radius 1 is 1.17 bits per heavy atom. The Hall–Kier alpha value is -2.37. The zero-order chi connectivity index (χ0) is 16.3. The van der Waals surface area contributed by atoms with Crippen molar-refractivity contribution in [3.05, 3.63) is 24.3 Å². The molecule has 1 aliphatic carbocycles. The van der Waals surface area contributed by atoms with Crippen molar-refractivity contribution in [1.29, 1.82) is 0 Å². The van der Waals surface area contributed by atoms with Gasteiger partial charge in [-0.15, -0.1) is 0 Å². The minimum absolute atomic E-state index is 0.0561. The highest BCUT2D eigenvalue weighted by molar-refractivity contribution is 5.91. The van der Waals surface area contributed by atoms with Crippen molar-refractivity contribution in [3.8, 4) is 0 Å². The van der Waals surface area contributed by atoms with E-state index in [1.54, 1.807) is 0 Å². The normalized spacial score (nSPS) is 17.0. The molecule has 3 N–H and O–H groups in total. The molecular weight excluding hydrogens is 294 g/mol. The molecule has 3 rings (SSSR count). The number of nitrogens with one attached hydrogen (secondary N) is 2. The molecule has 1 heterocycles. The second-order valence-electron chi connectivity index (χ2n) is 6.46. The van der Waals surface area contributed by atoms with E-state index in [0.717, 1.165) is 43.1 Å². The molecule has 0 saturated heterocycles. The Bertz CT molecular complexity index is 684. The van der Waals surface area contributed by atoms with E-state index in [1.165, 1.54) is 0 Å². The van der Waals surface area contributed by atoms with Crippen molar-refractivity contribution in [1.82, 2.24) is 9.97 Å². The largest absolute Gasteiger partial charge is 0.481 e. The quantitative estimate of drug-likeness (QED) is 0.788. The third-order valence-corrected chi connectivity index (χ3v) is 4.62. The molecule has 0 aliphatic heterocycles. The zero-order valence-corrected chi connectivity index (χ0v) is 13.0. The second-order valence-corrected chi connectivity index (χ2v) is 6.46.